The first-order valence-electron chi connectivity index (χ1n) is 2.59. The van der Waals surface area contributed by atoms with E-state index in [1.165, 1.54) is 0 Å². The Balaban J connectivity index is 2.77. The predicted molar refractivity (Wildman–Crippen MR) is 34.4 cm³/mol. The number of rotatable bonds is 0. The van der Waals surface area contributed by atoms with E-state index in [0.717, 1.165) is 0 Å². The van der Waals surface area contributed by atoms with Gasteiger partial charge < -0.3 is 5.32 Å². The lowest BCUT2D eigenvalue weighted by atomic mass is 10.8. The average molecular weight is 124 g/mol. The monoisotopic (exact) mass is 124 g/mol. The second-order valence-corrected chi connectivity index (χ2v) is 1.57. The molecule has 9 heavy (non-hydrogen) atoms. The lowest BCUT2D eigenvalue weighted by Gasteiger charge is -1.99. The van der Waals surface area contributed by atoms with Crippen molar-refractivity contribution in [3.8, 4) is 0 Å². The van der Waals surface area contributed by atoms with Gasteiger partial charge in [-0.3, -0.25) is 9.98 Å². The Morgan fingerprint density at radius 1 is 1.78 bits per heavy atom. The van der Waals surface area contributed by atoms with Gasteiger partial charge in [0.2, 0.25) is 0 Å². The number of nitrogens with one attached hydrogen (secondary N) is 2. The third-order valence-electron chi connectivity index (χ3n) is 0.999. The highest BCUT2D eigenvalue weighted by molar-refractivity contribution is 5.78. The fraction of sp³-hybridized carbons (Fsp3) is 0.200. The minimum Gasteiger partial charge on any atom is -0.359 e. The Morgan fingerprint density at radius 3 is 3.00 bits per heavy atom. The molecule has 48 valence electrons. The van der Waals surface area contributed by atoms with Crippen LogP contribution in [-0.4, -0.2) is 22.6 Å². The summed E-state index contributed by atoms with van der Waals surface area (Å²) in [6.07, 6.45) is 4.91. The van der Waals surface area contributed by atoms with E-state index in [9.17, 15) is 0 Å². The zero-order chi connectivity index (χ0) is 6.69. The zero-order valence-electron chi connectivity index (χ0n) is 5.13. The zero-order valence-corrected chi connectivity index (χ0v) is 5.13. The molecule has 1 heterocycles. The molecule has 0 fully saturated rings. The summed E-state index contributed by atoms with van der Waals surface area (Å²) in [5.41, 5.74) is 0. The molecule has 2 N–H and O–H groups in total. The molecule has 0 aliphatic rings. The maximum atomic E-state index is 7.21. The second-order valence-electron chi connectivity index (χ2n) is 1.57. The molecular formula is C5H8N4. The predicted octanol–water partition coefficient (Wildman–Crippen LogP) is -0.115. The summed E-state index contributed by atoms with van der Waals surface area (Å²) >= 11 is 0. The van der Waals surface area contributed by atoms with E-state index in [1.54, 1.807) is 30.3 Å². The van der Waals surface area contributed by atoms with E-state index >= 15 is 0 Å². The standard InChI is InChI=1S/C5H8N4/c1-7-5(6)9-3-2-8-4-9/h2-4H,1H3,(H2,6,7). The first kappa shape index (κ1) is 5.81. The largest absolute Gasteiger partial charge is 0.359 e. The molecule has 0 unspecified atom stereocenters. The number of hydrogen-bond acceptors (Lipinski definition) is 2. The minimum absolute atomic E-state index is 0.326. The van der Waals surface area contributed by atoms with E-state index in [-0.39, 0.29) is 0 Å². The summed E-state index contributed by atoms with van der Waals surface area (Å²) < 4.78 is 1.58. The number of imidazole rings is 1. The smallest absolute Gasteiger partial charge is 0.200 e. The molecule has 1 aromatic rings. The molecule has 0 atom stereocenters. The van der Waals surface area contributed by atoms with Gasteiger partial charge in [-0.1, -0.05) is 0 Å². The van der Waals surface area contributed by atoms with Crippen LogP contribution in [0.15, 0.2) is 18.7 Å². The lowest BCUT2D eigenvalue weighted by Crippen LogP contribution is -2.23. The van der Waals surface area contributed by atoms with Crippen LogP contribution in [0.2, 0.25) is 0 Å². The van der Waals surface area contributed by atoms with Gasteiger partial charge in [0.25, 0.3) is 0 Å². The fourth-order valence-electron chi connectivity index (χ4n) is 0.520. The van der Waals surface area contributed by atoms with Crippen LogP contribution < -0.4 is 5.32 Å². The molecule has 0 amide bonds. The van der Waals surface area contributed by atoms with Gasteiger partial charge in [0.1, 0.15) is 6.33 Å². The highest BCUT2D eigenvalue weighted by Gasteiger charge is 1.90. The third-order valence-corrected chi connectivity index (χ3v) is 0.999. The van der Waals surface area contributed by atoms with E-state index < -0.39 is 0 Å². The minimum atomic E-state index is 0.326. The summed E-state index contributed by atoms with van der Waals surface area (Å²) in [4.78, 5) is 3.77. The van der Waals surface area contributed by atoms with Crippen LogP contribution in [-0.2, 0) is 0 Å². The van der Waals surface area contributed by atoms with Gasteiger partial charge in [0.05, 0.1) is 0 Å². The quantitative estimate of drug-likeness (QED) is 0.374. The molecule has 0 aliphatic carbocycles. The molecule has 0 radical (unpaired) electrons. The summed E-state index contributed by atoms with van der Waals surface area (Å²) in [5.74, 6) is 0.326. The molecule has 0 aliphatic heterocycles. The molecule has 4 heteroatoms. The average Bonchev–Trinajstić information content (AvgIpc) is 2.37. The van der Waals surface area contributed by atoms with Gasteiger partial charge in [-0.2, -0.15) is 0 Å². The van der Waals surface area contributed by atoms with E-state index in [0.29, 0.717) is 5.96 Å². The van der Waals surface area contributed by atoms with Gasteiger partial charge in [-0.15, -0.1) is 0 Å². The molecule has 0 spiro atoms. The Kier molecular flexibility index (Phi) is 1.48. The van der Waals surface area contributed by atoms with Gasteiger partial charge in [-0.25, -0.2) is 4.98 Å². The van der Waals surface area contributed by atoms with Crippen LogP contribution in [0.3, 0.4) is 0 Å². The molecule has 0 bridgehead atoms. The SMILES string of the molecule is CNC(=N)n1ccnc1. The van der Waals surface area contributed by atoms with E-state index in [4.69, 9.17) is 5.41 Å². The molecular weight excluding hydrogens is 116 g/mol. The van der Waals surface area contributed by atoms with Gasteiger partial charge in [-0.05, 0) is 0 Å². The van der Waals surface area contributed by atoms with Crippen LogP contribution >= 0.6 is 0 Å². The van der Waals surface area contributed by atoms with Crippen molar-refractivity contribution in [3.05, 3.63) is 18.7 Å². The van der Waals surface area contributed by atoms with Gasteiger partial charge in [0, 0.05) is 19.4 Å². The van der Waals surface area contributed by atoms with Crippen LogP contribution in [0.5, 0.6) is 0 Å². The van der Waals surface area contributed by atoms with Crippen molar-refractivity contribution in [2.75, 3.05) is 7.05 Å². The van der Waals surface area contributed by atoms with Crippen LogP contribution in [0.25, 0.3) is 0 Å². The van der Waals surface area contributed by atoms with Gasteiger partial charge >= 0.3 is 0 Å². The molecule has 1 aromatic heterocycles. The Labute approximate surface area is 53.0 Å². The molecule has 0 aromatic carbocycles. The maximum Gasteiger partial charge on any atom is 0.200 e. The van der Waals surface area contributed by atoms with Crippen molar-refractivity contribution in [1.82, 2.24) is 14.9 Å². The molecule has 1 rings (SSSR count). The van der Waals surface area contributed by atoms with Crippen molar-refractivity contribution in [2.24, 2.45) is 0 Å². The number of nitrogens with zero attached hydrogens (tertiary/aromatic N) is 2. The summed E-state index contributed by atoms with van der Waals surface area (Å²) in [7, 11) is 1.70. The molecule has 4 nitrogen and oxygen atoms in total. The maximum absolute atomic E-state index is 7.21. The normalized spacial score (nSPS) is 9.00. The fourth-order valence-corrected chi connectivity index (χ4v) is 0.520. The van der Waals surface area contributed by atoms with Crippen LogP contribution in [0, 0.1) is 5.41 Å². The highest BCUT2D eigenvalue weighted by atomic mass is 15.2. The van der Waals surface area contributed by atoms with Crippen molar-refractivity contribution in [2.45, 2.75) is 0 Å². The second kappa shape index (κ2) is 2.30. The number of aromatic nitrogens is 2. The Morgan fingerprint density at radius 2 is 2.56 bits per heavy atom. The summed E-state index contributed by atoms with van der Waals surface area (Å²) in [6.45, 7) is 0. The topological polar surface area (TPSA) is 53.7 Å². The van der Waals surface area contributed by atoms with Crippen molar-refractivity contribution >= 4 is 5.96 Å². The molecule has 0 saturated heterocycles. The highest BCUT2D eigenvalue weighted by Crippen LogP contribution is 1.80. The lowest BCUT2D eigenvalue weighted by molar-refractivity contribution is 0.987. The first-order valence-corrected chi connectivity index (χ1v) is 2.59. The molecule has 0 saturated carbocycles. The summed E-state index contributed by atoms with van der Waals surface area (Å²) in [6, 6.07) is 0. The van der Waals surface area contributed by atoms with E-state index in [2.05, 4.69) is 10.3 Å². The Bertz CT molecular complexity index is 189. The van der Waals surface area contributed by atoms with E-state index in [1.807, 2.05) is 0 Å². The van der Waals surface area contributed by atoms with Crippen molar-refractivity contribution in [3.63, 3.8) is 0 Å². The number of hydrogen-bond donors (Lipinski definition) is 2. The summed E-state index contributed by atoms with van der Waals surface area (Å²) in [5, 5.41) is 9.88. The van der Waals surface area contributed by atoms with Crippen molar-refractivity contribution < 1.29 is 0 Å². The first-order chi connectivity index (χ1) is 4.34. The third kappa shape index (κ3) is 1.07. The van der Waals surface area contributed by atoms with Crippen LogP contribution in [0.4, 0.5) is 0 Å². The van der Waals surface area contributed by atoms with Crippen LogP contribution in [0.1, 0.15) is 0 Å². The Hall–Kier alpha value is -1.32. The van der Waals surface area contributed by atoms with Gasteiger partial charge in [0.15, 0.2) is 5.96 Å². The van der Waals surface area contributed by atoms with Crippen molar-refractivity contribution in [1.29, 1.82) is 5.41 Å².